The molecule has 0 radical (unpaired) electrons. The van der Waals surface area contributed by atoms with Gasteiger partial charge >= 0.3 is 0 Å². The van der Waals surface area contributed by atoms with E-state index in [0.29, 0.717) is 31.6 Å². The molecule has 0 heterocycles. The van der Waals surface area contributed by atoms with Crippen LogP contribution in [0.3, 0.4) is 0 Å². The molecule has 1 aromatic carbocycles. The lowest BCUT2D eigenvalue weighted by atomic mass is 10.1. The predicted molar refractivity (Wildman–Crippen MR) is 94.8 cm³/mol. The van der Waals surface area contributed by atoms with Crippen LogP contribution in [0.4, 0.5) is 0 Å². The van der Waals surface area contributed by atoms with Gasteiger partial charge in [-0.2, -0.15) is 0 Å². The van der Waals surface area contributed by atoms with Gasteiger partial charge in [0.05, 0.1) is 19.8 Å². The van der Waals surface area contributed by atoms with Crippen LogP contribution in [-0.4, -0.2) is 49.5 Å². The molecule has 0 amide bonds. The van der Waals surface area contributed by atoms with E-state index in [2.05, 4.69) is 44.7 Å². The maximum atomic E-state index is 10.2. The Hall–Kier alpha value is -1.10. The first-order valence-corrected chi connectivity index (χ1v) is 8.51. The molecule has 0 spiro atoms. The van der Waals surface area contributed by atoms with Crippen molar-refractivity contribution < 1.29 is 14.6 Å². The van der Waals surface area contributed by atoms with Crippen LogP contribution in [0.5, 0.6) is 5.75 Å². The van der Waals surface area contributed by atoms with Crippen molar-refractivity contribution in [2.45, 2.75) is 40.3 Å². The summed E-state index contributed by atoms with van der Waals surface area (Å²) in [4.78, 5) is 2.28. The van der Waals surface area contributed by atoms with E-state index in [0.717, 1.165) is 18.8 Å². The van der Waals surface area contributed by atoms with Crippen LogP contribution in [0.2, 0.25) is 0 Å². The highest BCUT2D eigenvalue weighted by molar-refractivity contribution is 5.28. The zero-order chi connectivity index (χ0) is 17.2. The summed E-state index contributed by atoms with van der Waals surface area (Å²) in [5, 5.41) is 10.2. The van der Waals surface area contributed by atoms with Crippen molar-refractivity contribution in [2.75, 3.05) is 33.4 Å². The third-order valence-corrected chi connectivity index (χ3v) is 3.39. The normalized spacial score (nSPS) is 13.1. The minimum Gasteiger partial charge on any atom is -0.497 e. The monoisotopic (exact) mass is 323 g/mol. The molecular formula is C19H33NO3. The first kappa shape index (κ1) is 19.9. The van der Waals surface area contributed by atoms with Gasteiger partial charge in [-0.1, -0.05) is 39.8 Å². The smallest absolute Gasteiger partial charge is 0.119 e. The summed E-state index contributed by atoms with van der Waals surface area (Å²) in [5.74, 6) is 1.91. The van der Waals surface area contributed by atoms with Crippen molar-refractivity contribution in [3.05, 3.63) is 29.8 Å². The highest BCUT2D eigenvalue weighted by Crippen LogP contribution is 2.15. The third-order valence-electron chi connectivity index (χ3n) is 3.39. The molecule has 1 rings (SSSR count). The third kappa shape index (κ3) is 8.94. The summed E-state index contributed by atoms with van der Waals surface area (Å²) in [6.07, 6.45) is -0.460. The van der Waals surface area contributed by atoms with Crippen LogP contribution in [0, 0.1) is 11.8 Å². The van der Waals surface area contributed by atoms with Gasteiger partial charge in [0.2, 0.25) is 0 Å². The molecule has 0 aliphatic rings. The fourth-order valence-corrected chi connectivity index (χ4v) is 2.54. The Bertz CT molecular complexity index is 434. The minimum atomic E-state index is -0.460. The van der Waals surface area contributed by atoms with E-state index in [1.165, 1.54) is 5.56 Å². The van der Waals surface area contributed by atoms with E-state index in [1.54, 1.807) is 7.11 Å². The first-order chi connectivity index (χ1) is 10.9. The lowest BCUT2D eigenvalue weighted by Gasteiger charge is -2.27. The van der Waals surface area contributed by atoms with Crippen molar-refractivity contribution in [1.82, 2.24) is 4.90 Å². The average Bonchev–Trinajstić information content (AvgIpc) is 2.46. The van der Waals surface area contributed by atoms with E-state index in [4.69, 9.17) is 9.47 Å². The molecule has 132 valence electrons. The quantitative estimate of drug-likeness (QED) is 0.679. The number of ether oxygens (including phenoxy) is 2. The van der Waals surface area contributed by atoms with Crippen LogP contribution in [-0.2, 0) is 11.3 Å². The number of hydrogen-bond donors (Lipinski definition) is 1. The lowest BCUT2D eigenvalue weighted by Crippen LogP contribution is -2.37. The summed E-state index contributed by atoms with van der Waals surface area (Å²) in [5.41, 5.74) is 1.19. The van der Waals surface area contributed by atoms with Gasteiger partial charge in [-0.15, -0.1) is 0 Å². The molecule has 0 bridgehead atoms. The summed E-state index contributed by atoms with van der Waals surface area (Å²) in [6.45, 7) is 12.1. The van der Waals surface area contributed by atoms with Gasteiger partial charge in [-0.25, -0.2) is 0 Å². The molecule has 1 atom stereocenters. The van der Waals surface area contributed by atoms with Gasteiger partial charge in [0, 0.05) is 26.2 Å². The van der Waals surface area contributed by atoms with Crippen LogP contribution in [0.1, 0.15) is 33.3 Å². The van der Waals surface area contributed by atoms with Crippen LogP contribution >= 0.6 is 0 Å². The summed E-state index contributed by atoms with van der Waals surface area (Å²) in [7, 11) is 1.68. The predicted octanol–water partition coefficient (Wildman–Crippen LogP) is 3.19. The van der Waals surface area contributed by atoms with E-state index in [-0.39, 0.29) is 0 Å². The van der Waals surface area contributed by atoms with Crippen molar-refractivity contribution in [3.63, 3.8) is 0 Å². The van der Waals surface area contributed by atoms with Gasteiger partial charge in [0.1, 0.15) is 5.75 Å². The Morgan fingerprint density at radius 1 is 1.04 bits per heavy atom. The topological polar surface area (TPSA) is 41.9 Å². The number of methoxy groups -OCH3 is 1. The maximum absolute atomic E-state index is 10.2. The van der Waals surface area contributed by atoms with E-state index >= 15 is 0 Å². The molecule has 4 nitrogen and oxygen atoms in total. The van der Waals surface area contributed by atoms with Gasteiger partial charge in [0.15, 0.2) is 0 Å². The molecule has 0 aromatic heterocycles. The number of aliphatic hydroxyl groups is 1. The Kier molecular flexibility index (Phi) is 9.22. The molecule has 4 heteroatoms. The van der Waals surface area contributed by atoms with Crippen molar-refractivity contribution in [3.8, 4) is 5.75 Å². The van der Waals surface area contributed by atoms with Gasteiger partial charge < -0.3 is 14.6 Å². The number of nitrogens with zero attached hydrogens (tertiary/aromatic N) is 1. The average molecular weight is 323 g/mol. The second-order valence-electron chi connectivity index (χ2n) is 7.02. The fraction of sp³-hybridized carbons (Fsp3) is 0.684. The van der Waals surface area contributed by atoms with E-state index < -0.39 is 6.10 Å². The molecule has 0 saturated heterocycles. The van der Waals surface area contributed by atoms with Gasteiger partial charge in [-0.3, -0.25) is 4.90 Å². The molecule has 0 aliphatic carbocycles. The Labute approximate surface area is 141 Å². The zero-order valence-electron chi connectivity index (χ0n) is 15.3. The zero-order valence-corrected chi connectivity index (χ0v) is 15.3. The Morgan fingerprint density at radius 3 is 2.39 bits per heavy atom. The van der Waals surface area contributed by atoms with Gasteiger partial charge in [-0.05, 0) is 29.5 Å². The van der Waals surface area contributed by atoms with E-state index in [1.807, 2.05) is 12.1 Å². The molecular weight excluding hydrogens is 290 g/mol. The molecule has 0 aliphatic heterocycles. The Morgan fingerprint density at radius 2 is 1.78 bits per heavy atom. The van der Waals surface area contributed by atoms with Crippen LogP contribution < -0.4 is 4.74 Å². The maximum Gasteiger partial charge on any atom is 0.119 e. The number of aliphatic hydroxyl groups excluding tert-OH is 1. The molecule has 0 unspecified atom stereocenters. The molecule has 0 fully saturated rings. The second-order valence-corrected chi connectivity index (χ2v) is 7.02. The first-order valence-electron chi connectivity index (χ1n) is 8.51. The van der Waals surface area contributed by atoms with Crippen molar-refractivity contribution in [2.24, 2.45) is 11.8 Å². The molecule has 1 aromatic rings. The van der Waals surface area contributed by atoms with Crippen molar-refractivity contribution in [1.29, 1.82) is 0 Å². The molecule has 23 heavy (non-hydrogen) atoms. The second kappa shape index (κ2) is 10.6. The highest BCUT2D eigenvalue weighted by atomic mass is 16.5. The minimum absolute atomic E-state index is 0.394. The number of rotatable bonds is 11. The van der Waals surface area contributed by atoms with Crippen LogP contribution in [0.15, 0.2) is 24.3 Å². The Balaban J connectivity index is 2.57. The number of benzene rings is 1. The number of hydrogen-bond acceptors (Lipinski definition) is 4. The molecule has 1 N–H and O–H groups in total. The summed E-state index contributed by atoms with van der Waals surface area (Å²) in [6, 6.07) is 8.10. The van der Waals surface area contributed by atoms with Crippen molar-refractivity contribution >= 4 is 0 Å². The fourth-order valence-electron chi connectivity index (χ4n) is 2.54. The van der Waals surface area contributed by atoms with Crippen LogP contribution in [0.25, 0.3) is 0 Å². The summed E-state index contributed by atoms with van der Waals surface area (Å²) < 4.78 is 10.8. The molecule has 0 saturated carbocycles. The SMILES string of the molecule is COc1cccc(CN(CC(C)C)C[C@H](O)COCC(C)C)c1. The lowest BCUT2D eigenvalue weighted by molar-refractivity contribution is 0.00522. The van der Waals surface area contributed by atoms with Gasteiger partial charge in [0.25, 0.3) is 0 Å². The van der Waals surface area contributed by atoms with E-state index in [9.17, 15) is 5.11 Å². The standard InChI is InChI=1S/C19H33NO3/c1-15(2)10-20(12-18(21)14-23-13-16(3)4)11-17-7-6-8-19(9-17)22-5/h6-9,15-16,18,21H,10-14H2,1-5H3/t18-/m0/s1. The summed E-state index contributed by atoms with van der Waals surface area (Å²) >= 11 is 0. The largest absolute Gasteiger partial charge is 0.497 e. The highest BCUT2D eigenvalue weighted by Gasteiger charge is 2.14.